The maximum Gasteiger partial charge on any atom is 0.279 e. The maximum absolute atomic E-state index is 12.9. The average molecular weight is 431 g/mol. The minimum Gasteiger partial charge on any atom is -0.392 e. The Balaban J connectivity index is 0.00000140. The number of hydrogen-bond donors (Lipinski definition) is 3. The van der Waals surface area contributed by atoms with Crippen LogP contribution in [0.4, 0.5) is 0 Å². The van der Waals surface area contributed by atoms with Crippen LogP contribution in [0.2, 0.25) is 0 Å². The number of aryl methyl sites for hydroxylation is 1. The van der Waals surface area contributed by atoms with Crippen LogP contribution in [0.25, 0.3) is 11.0 Å². The van der Waals surface area contributed by atoms with Crippen LogP contribution < -0.4 is 10.9 Å². The summed E-state index contributed by atoms with van der Waals surface area (Å²) in [7, 11) is 0. The van der Waals surface area contributed by atoms with Crippen LogP contribution in [-0.2, 0) is 6.54 Å². The maximum atomic E-state index is 12.9. The fraction of sp³-hybridized carbons (Fsp3) is 0.632. The summed E-state index contributed by atoms with van der Waals surface area (Å²) in [5.74, 6) is 0.468. The van der Waals surface area contributed by atoms with Crippen molar-refractivity contribution in [1.82, 2.24) is 19.9 Å². The fourth-order valence-electron chi connectivity index (χ4n) is 3.81. The zero-order valence-corrected chi connectivity index (χ0v) is 17.5. The van der Waals surface area contributed by atoms with Crippen molar-refractivity contribution in [3.05, 3.63) is 34.0 Å². The predicted molar refractivity (Wildman–Crippen MR) is 113 cm³/mol. The molecule has 0 unspecified atom stereocenters. The van der Waals surface area contributed by atoms with E-state index in [9.17, 15) is 15.0 Å². The van der Waals surface area contributed by atoms with Gasteiger partial charge in [-0.2, -0.15) is 0 Å². The van der Waals surface area contributed by atoms with E-state index >= 15 is 0 Å². The molecule has 1 saturated carbocycles. The number of aliphatic hydroxyl groups excluding tert-OH is 2. The number of halogens is 2. The van der Waals surface area contributed by atoms with Gasteiger partial charge >= 0.3 is 0 Å². The normalized spacial score (nSPS) is 23.0. The van der Waals surface area contributed by atoms with E-state index in [1.165, 1.54) is 10.9 Å². The van der Waals surface area contributed by atoms with Gasteiger partial charge in [0.1, 0.15) is 0 Å². The first kappa shape index (κ1) is 23.0. The van der Waals surface area contributed by atoms with Crippen LogP contribution in [0.5, 0.6) is 0 Å². The molecule has 1 aliphatic heterocycles. The molecule has 0 aromatic carbocycles. The van der Waals surface area contributed by atoms with E-state index in [4.69, 9.17) is 0 Å². The number of aromatic nitrogens is 3. The Morgan fingerprint density at radius 3 is 2.71 bits per heavy atom. The van der Waals surface area contributed by atoms with Gasteiger partial charge in [-0.25, -0.2) is 9.97 Å². The summed E-state index contributed by atoms with van der Waals surface area (Å²) in [6.45, 7) is 2.96. The van der Waals surface area contributed by atoms with Crippen LogP contribution in [0.3, 0.4) is 0 Å². The lowest BCUT2D eigenvalue weighted by Gasteiger charge is -2.30. The minimum atomic E-state index is -0.732. The van der Waals surface area contributed by atoms with Gasteiger partial charge in [0.2, 0.25) is 0 Å². The highest BCUT2D eigenvalue weighted by atomic mass is 35.5. The number of fused-ring (bicyclic) bond motifs is 1. The van der Waals surface area contributed by atoms with Crippen molar-refractivity contribution in [2.45, 2.75) is 69.7 Å². The first-order valence-corrected chi connectivity index (χ1v) is 9.49. The fourth-order valence-corrected chi connectivity index (χ4v) is 3.81. The highest BCUT2D eigenvalue weighted by molar-refractivity contribution is 5.85. The lowest BCUT2D eigenvalue weighted by molar-refractivity contribution is 0.0539. The van der Waals surface area contributed by atoms with E-state index in [-0.39, 0.29) is 43.0 Å². The third kappa shape index (κ3) is 4.83. The van der Waals surface area contributed by atoms with Gasteiger partial charge in [0, 0.05) is 17.7 Å². The molecule has 1 saturated heterocycles. The molecule has 28 heavy (non-hydrogen) atoms. The van der Waals surface area contributed by atoms with Crippen molar-refractivity contribution >= 4 is 35.8 Å². The van der Waals surface area contributed by atoms with Gasteiger partial charge in [-0.15, -0.1) is 24.8 Å². The third-order valence-electron chi connectivity index (χ3n) is 5.47. The van der Waals surface area contributed by atoms with Crippen LogP contribution in [-0.4, -0.2) is 49.5 Å². The molecule has 0 spiro atoms. The molecule has 2 aromatic heterocycles. The quantitative estimate of drug-likeness (QED) is 0.666. The monoisotopic (exact) mass is 430 g/mol. The molecule has 2 aliphatic rings. The second kappa shape index (κ2) is 9.50. The van der Waals surface area contributed by atoms with Gasteiger partial charge < -0.3 is 15.5 Å². The van der Waals surface area contributed by atoms with E-state index in [2.05, 4.69) is 15.3 Å². The number of rotatable bonds is 5. The summed E-state index contributed by atoms with van der Waals surface area (Å²) in [5.41, 5.74) is 2.75. The Kier molecular flexibility index (Phi) is 7.81. The SMILES string of the molecule is Cc1cc(C2CC2)nc2c(=O)n(C[C@@H](O)C[C@H]3NCCC[C@@H]3O)cnc12.Cl.Cl. The molecule has 156 valence electrons. The Morgan fingerprint density at radius 2 is 2.04 bits per heavy atom. The summed E-state index contributed by atoms with van der Waals surface area (Å²) in [4.78, 5) is 21.8. The van der Waals surface area contributed by atoms with E-state index < -0.39 is 12.2 Å². The van der Waals surface area contributed by atoms with Gasteiger partial charge in [0.05, 0.1) is 30.6 Å². The van der Waals surface area contributed by atoms with Crippen molar-refractivity contribution in [2.75, 3.05) is 6.54 Å². The largest absolute Gasteiger partial charge is 0.392 e. The second-order valence-electron chi connectivity index (χ2n) is 7.70. The zero-order valence-electron chi connectivity index (χ0n) is 15.9. The molecule has 3 heterocycles. The average Bonchev–Trinajstić information content (AvgIpc) is 3.45. The summed E-state index contributed by atoms with van der Waals surface area (Å²) < 4.78 is 1.44. The topological polar surface area (TPSA) is 100 Å². The van der Waals surface area contributed by atoms with Crippen molar-refractivity contribution in [2.24, 2.45) is 0 Å². The Bertz CT molecular complexity index is 872. The number of pyridine rings is 1. The molecule has 3 atom stereocenters. The molecule has 3 N–H and O–H groups in total. The predicted octanol–water partition coefficient (Wildman–Crippen LogP) is 1.68. The zero-order chi connectivity index (χ0) is 18.3. The van der Waals surface area contributed by atoms with Crippen LogP contribution in [0.1, 0.15) is 49.3 Å². The van der Waals surface area contributed by atoms with Crippen LogP contribution in [0, 0.1) is 6.92 Å². The van der Waals surface area contributed by atoms with E-state index in [0.717, 1.165) is 43.5 Å². The first-order chi connectivity index (χ1) is 12.5. The summed E-state index contributed by atoms with van der Waals surface area (Å²) in [6, 6.07) is 1.89. The Labute approximate surface area is 176 Å². The molecule has 0 bridgehead atoms. The number of piperidine rings is 1. The van der Waals surface area contributed by atoms with E-state index in [1.807, 2.05) is 13.0 Å². The molecule has 2 aromatic rings. The first-order valence-electron chi connectivity index (χ1n) is 9.49. The Hall–Kier alpha value is -1.25. The molecule has 7 nitrogen and oxygen atoms in total. The number of hydrogen-bond acceptors (Lipinski definition) is 6. The molecular formula is C19H28Cl2N4O3. The molecule has 9 heteroatoms. The van der Waals surface area contributed by atoms with Gasteiger partial charge in [-0.1, -0.05) is 0 Å². The van der Waals surface area contributed by atoms with Gasteiger partial charge in [0.15, 0.2) is 5.52 Å². The number of nitrogens with one attached hydrogen (secondary N) is 1. The molecule has 1 aliphatic carbocycles. The molecule has 0 radical (unpaired) electrons. The number of aliphatic hydroxyl groups is 2. The Morgan fingerprint density at radius 1 is 1.29 bits per heavy atom. The second-order valence-corrected chi connectivity index (χ2v) is 7.70. The molecule has 2 fully saturated rings. The third-order valence-corrected chi connectivity index (χ3v) is 5.47. The van der Waals surface area contributed by atoms with Crippen LogP contribution >= 0.6 is 24.8 Å². The summed E-state index contributed by atoms with van der Waals surface area (Å²) in [6.07, 6.45) is 4.65. The highest BCUT2D eigenvalue weighted by Gasteiger charge is 2.27. The van der Waals surface area contributed by atoms with Crippen molar-refractivity contribution < 1.29 is 10.2 Å². The van der Waals surface area contributed by atoms with Gasteiger partial charge in [-0.05, 0) is 57.2 Å². The highest BCUT2D eigenvalue weighted by Crippen LogP contribution is 2.39. The lowest BCUT2D eigenvalue weighted by atomic mass is 9.96. The van der Waals surface area contributed by atoms with Crippen molar-refractivity contribution in [1.29, 1.82) is 0 Å². The van der Waals surface area contributed by atoms with Crippen molar-refractivity contribution in [3.63, 3.8) is 0 Å². The lowest BCUT2D eigenvalue weighted by Crippen LogP contribution is -2.47. The van der Waals surface area contributed by atoms with Crippen LogP contribution in [0.15, 0.2) is 17.2 Å². The van der Waals surface area contributed by atoms with E-state index in [1.54, 1.807) is 0 Å². The standard InChI is InChI=1S/C19H26N4O3.2ClH/c1-11-7-14(12-4-5-12)22-18-17(11)21-10-23(19(18)26)9-13(24)8-15-16(25)3-2-6-20-15;;/h7,10,12-13,15-16,20,24-25H,2-6,8-9H2,1H3;2*1H/t13-,15+,16-;;/m0../s1. The van der Waals surface area contributed by atoms with Gasteiger partial charge in [0.25, 0.3) is 5.56 Å². The smallest absolute Gasteiger partial charge is 0.279 e. The molecule has 0 amide bonds. The van der Waals surface area contributed by atoms with E-state index in [0.29, 0.717) is 23.4 Å². The van der Waals surface area contributed by atoms with Crippen molar-refractivity contribution in [3.8, 4) is 0 Å². The summed E-state index contributed by atoms with van der Waals surface area (Å²) in [5, 5.41) is 23.7. The summed E-state index contributed by atoms with van der Waals surface area (Å²) >= 11 is 0. The number of nitrogens with zero attached hydrogens (tertiary/aromatic N) is 3. The molecular weight excluding hydrogens is 403 g/mol. The minimum absolute atomic E-state index is 0. The molecule has 4 rings (SSSR count). The van der Waals surface area contributed by atoms with Gasteiger partial charge in [-0.3, -0.25) is 9.36 Å².